The number of nitrogens with zero attached hydrogens (tertiary/aromatic N) is 3. The number of rotatable bonds is 4. The van der Waals surface area contributed by atoms with Crippen molar-refractivity contribution in [3.8, 4) is 5.75 Å². The molecule has 4 aromatic rings. The molecule has 4 rings (SSSR count). The van der Waals surface area contributed by atoms with Crippen molar-refractivity contribution in [2.45, 2.75) is 0 Å². The van der Waals surface area contributed by atoms with Crippen molar-refractivity contribution >= 4 is 39.4 Å². The number of aromatic nitrogens is 1. The van der Waals surface area contributed by atoms with Crippen LogP contribution in [0, 0.1) is 10.1 Å². The maximum atomic E-state index is 10.9. The number of anilines is 1. The van der Waals surface area contributed by atoms with Crippen LogP contribution in [-0.4, -0.2) is 21.2 Å². The van der Waals surface area contributed by atoms with E-state index in [1.54, 1.807) is 0 Å². The summed E-state index contributed by atoms with van der Waals surface area (Å²) in [5.41, 5.74) is 5.56. The van der Waals surface area contributed by atoms with Crippen LogP contribution >= 0.6 is 0 Å². The molecule has 7 heteroatoms. The fourth-order valence-corrected chi connectivity index (χ4v) is 2.89. The zero-order chi connectivity index (χ0) is 18.8. The van der Waals surface area contributed by atoms with Crippen molar-refractivity contribution in [1.29, 1.82) is 0 Å². The summed E-state index contributed by atoms with van der Waals surface area (Å²) in [4.78, 5) is 15.0. The molecule has 0 saturated carbocycles. The van der Waals surface area contributed by atoms with Crippen LogP contribution in [0.5, 0.6) is 5.75 Å². The Balaban J connectivity index is 1.76. The molecule has 0 amide bonds. The average molecular weight is 358 g/mol. The highest BCUT2D eigenvalue weighted by Crippen LogP contribution is 2.30. The number of nitrogens with one attached hydrogen (secondary N) is 1. The van der Waals surface area contributed by atoms with Crippen molar-refractivity contribution in [2.24, 2.45) is 5.10 Å². The van der Waals surface area contributed by atoms with Gasteiger partial charge in [-0.05, 0) is 18.2 Å². The summed E-state index contributed by atoms with van der Waals surface area (Å²) in [6.45, 7) is 0. The number of aromatic hydroxyl groups is 1. The minimum Gasteiger partial charge on any atom is -0.507 e. The molecular formula is C20H14N4O3. The Morgan fingerprint density at radius 2 is 1.63 bits per heavy atom. The first kappa shape index (κ1) is 16.5. The van der Waals surface area contributed by atoms with Gasteiger partial charge < -0.3 is 5.11 Å². The summed E-state index contributed by atoms with van der Waals surface area (Å²) in [5.74, 6) is -0.0874. The van der Waals surface area contributed by atoms with Crippen LogP contribution in [-0.2, 0) is 0 Å². The molecule has 0 saturated heterocycles. The molecule has 0 aliphatic heterocycles. The molecule has 1 heterocycles. The molecule has 2 N–H and O–H groups in total. The third-order valence-corrected chi connectivity index (χ3v) is 4.19. The second-order valence-electron chi connectivity index (χ2n) is 5.89. The van der Waals surface area contributed by atoms with E-state index in [0.29, 0.717) is 0 Å². The van der Waals surface area contributed by atoms with Crippen molar-refractivity contribution in [3.05, 3.63) is 82.4 Å². The molecule has 0 aliphatic rings. The lowest BCUT2D eigenvalue weighted by Crippen LogP contribution is -1.96. The molecule has 0 spiro atoms. The van der Waals surface area contributed by atoms with Crippen LogP contribution in [0.3, 0.4) is 0 Å². The number of fused-ring (bicyclic) bond motifs is 2. The maximum absolute atomic E-state index is 10.9. The molecule has 0 radical (unpaired) electrons. The van der Waals surface area contributed by atoms with E-state index in [1.165, 1.54) is 24.4 Å². The van der Waals surface area contributed by atoms with Gasteiger partial charge in [0.15, 0.2) is 0 Å². The quantitative estimate of drug-likeness (QED) is 0.243. The van der Waals surface area contributed by atoms with Crippen molar-refractivity contribution < 1.29 is 10.0 Å². The zero-order valence-electron chi connectivity index (χ0n) is 14.0. The lowest BCUT2D eigenvalue weighted by Gasteiger charge is -2.10. The number of phenolic OH excluding ortho intramolecular Hbond substituents is 1. The van der Waals surface area contributed by atoms with Crippen LogP contribution in [0.25, 0.3) is 21.8 Å². The number of phenols is 1. The van der Waals surface area contributed by atoms with E-state index in [0.717, 1.165) is 27.5 Å². The third-order valence-electron chi connectivity index (χ3n) is 4.19. The molecular weight excluding hydrogens is 344 g/mol. The smallest absolute Gasteiger partial charge is 0.270 e. The number of nitro benzene ring substituents is 1. The second-order valence-corrected chi connectivity index (χ2v) is 5.89. The molecule has 0 aliphatic carbocycles. The van der Waals surface area contributed by atoms with Gasteiger partial charge in [-0.3, -0.25) is 15.5 Å². The topological polar surface area (TPSA) is 101 Å². The van der Waals surface area contributed by atoms with Crippen molar-refractivity contribution in [1.82, 2.24) is 4.98 Å². The predicted molar refractivity (Wildman–Crippen MR) is 105 cm³/mol. The number of non-ortho nitro benzene ring substituents is 1. The van der Waals surface area contributed by atoms with Gasteiger partial charge in [0.1, 0.15) is 5.75 Å². The Morgan fingerprint density at radius 3 is 2.26 bits per heavy atom. The number of hydrogen-bond donors (Lipinski definition) is 2. The standard InChI is InChI=1S/C20H14N4O3/c25-19-10-9-14(24(26)27)11-13(19)12-21-23-20-15-5-1-3-7-17(15)22-18-8-4-2-6-16(18)20/h1-12,25H,(H,22,23)/b21-12+. The summed E-state index contributed by atoms with van der Waals surface area (Å²) in [5, 5.41) is 26.8. The van der Waals surface area contributed by atoms with E-state index in [-0.39, 0.29) is 17.0 Å². The van der Waals surface area contributed by atoms with Gasteiger partial charge in [0.2, 0.25) is 0 Å². The van der Waals surface area contributed by atoms with Gasteiger partial charge in [0.25, 0.3) is 5.69 Å². The van der Waals surface area contributed by atoms with E-state index in [9.17, 15) is 15.2 Å². The Kier molecular flexibility index (Phi) is 4.10. The lowest BCUT2D eigenvalue weighted by molar-refractivity contribution is -0.384. The molecule has 3 aromatic carbocycles. The van der Waals surface area contributed by atoms with Crippen molar-refractivity contribution in [2.75, 3.05) is 5.43 Å². The Bertz CT molecular complexity index is 1150. The summed E-state index contributed by atoms with van der Waals surface area (Å²) in [6, 6.07) is 19.2. The summed E-state index contributed by atoms with van der Waals surface area (Å²) < 4.78 is 0. The van der Waals surface area contributed by atoms with Crippen LogP contribution < -0.4 is 5.43 Å². The summed E-state index contributed by atoms with van der Waals surface area (Å²) >= 11 is 0. The Hall–Kier alpha value is -4.00. The second kappa shape index (κ2) is 6.72. The summed E-state index contributed by atoms with van der Waals surface area (Å²) in [6.07, 6.45) is 1.35. The largest absolute Gasteiger partial charge is 0.507 e. The van der Waals surface area contributed by atoms with Crippen molar-refractivity contribution in [3.63, 3.8) is 0 Å². The average Bonchev–Trinajstić information content (AvgIpc) is 2.68. The molecule has 0 unspecified atom stereocenters. The lowest BCUT2D eigenvalue weighted by atomic mass is 10.1. The van der Waals surface area contributed by atoms with Gasteiger partial charge in [-0.1, -0.05) is 36.4 Å². The molecule has 0 atom stereocenters. The normalized spacial score (nSPS) is 11.3. The van der Waals surface area contributed by atoms with Crippen LogP contribution in [0.1, 0.15) is 5.56 Å². The highest BCUT2D eigenvalue weighted by Gasteiger charge is 2.10. The van der Waals surface area contributed by atoms with Crippen LogP contribution in [0.2, 0.25) is 0 Å². The van der Waals surface area contributed by atoms with E-state index in [2.05, 4.69) is 15.5 Å². The number of pyridine rings is 1. The molecule has 1 aromatic heterocycles. The van der Waals surface area contributed by atoms with Gasteiger partial charge >= 0.3 is 0 Å². The first-order valence-electron chi connectivity index (χ1n) is 8.17. The van der Waals surface area contributed by atoms with E-state index >= 15 is 0 Å². The number of nitro groups is 1. The number of para-hydroxylation sites is 2. The number of hydrazone groups is 1. The Morgan fingerprint density at radius 1 is 1.00 bits per heavy atom. The molecule has 132 valence electrons. The minimum atomic E-state index is -0.520. The predicted octanol–water partition coefficient (Wildman–Crippen LogP) is 4.45. The van der Waals surface area contributed by atoms with E-state index < -0.39 is 4.92 Å². The molecule has 0 bridgehead atoms. The van der Waals surface area contributed by atoms with Gasteiger partial charge in [-0.15, -0.1) is 0 Å². The maximum Gasteiger partial charge on any atom is 0.270 e. The zero-order valence-corrected chi connectivity index (χ0v) is 14.0. The SMILES string of the molecule is O=[N+]([O-])c1ccc(O)c(/C=N/Nc2c3ccccc3nc3ccccc23)c1. The van der Waals surface area contributed by atoms with E-state index in [4.69, 9.17) is 0 Å². The summed E-state index contributed by atoms with van der Waals surface area (Å²) in [7, 11) is 0. The first-order valence-corrected chi connectivity index (χ1v) is 8.17. The molecule has 7 nitrogen and oxygen atoms in total. The fourth-order valence-electron chi connectivity index (χ4n) is 2.89. The van der Waals surface area contributed by atoms with Crippen LogP contribution in [0.4, 0.5) is 11.4 Å². The highest BCUT2D eigenvalue weighted by molar-refractivity contribution is 6.07. The fraction of sp³-hybridized carbons (Fsp3) is 0. The third kappa shape index (κ3) is 3.13. The van der Waals surface area contributed by atoms with Gasteiger partial charge in [-0.2, -0.15) is 5.10 Å². The molecule has 27 heavy (non-hydrogen) atoms. The van der Waals surface area contributed by atoms with E-state index in [1.807, 2.05) is 48.5 Å². The number of hydrogen-bond acceptors (Lipinski definition) is 6. The monoisotopic (exact) mass is 358 g/mol. The Labute approximate surface area is 153 Å². The van der Waals surface area contributed by atoms with Crippen LogP contribution in [0.15, 0.2) is 71.8 Å². The van der Waals surface area contributed by atoms with Gasteiger partial charge in [-0.25, -0.2) is 4.98 Å². The van der Waals surface area contributed by atoms with Gasteiger partial charge in [0, 0.05) is 28.5 Å². The number of benzene rings is 3. The van der Waals surface area contributed by atoms with Gasteiger partial charge in [0.05, 0.1) is 27.9 Å². The first-order chi connectivity index (χ1) is 13.1. The highest BCUT2D eigenvalue weighted by atomic mass is 16.6. The minimum absolute atomic E-state index is 0.0874. The molecule has 0 fully saturated rings.